The Kier molecular flexibility index (Phi) is 5.10. The molecule has 4 nitrogen and oxygen atoms in total. The molecule has 0 saturated heterocycles. The predicted molar refractivity (Wildman–Crippen MR) is 73.9 cm³/mol. The monoisotopic (exact) mass is 263 g/mol. The van der Waals surface area contributed by atoms with Crippen molar-refractivity contribution in [1.29, 1.82) is 0 Å². The molecule has 1 atom stereocenters. The fourth-order valence-corrected chi connectivity index (χ4v) is 1.72. The van der Waals surface area contributed by atoms with E-state index < -0.39 is 11.4 Å². The van der Waals surface area contributed by atoms with Crippen LogP contribution in [0.4, 0.5) is 0 Å². The molecule has 0 radical (unpaired) electrons. The number of carbonyl (C=O) groups is 2. The SMILES string of the molecule is CC(C)(C)C(=O)NC[C@@H](CC(=O)O)c1ccccc1. The topological polar surface area (TPSA) is 66.4 Å². The molecule has 0 bridgehead atoms. The van der Waals surface area contributed by atoms with E-state index in [1.54, 1.807) is 0 Å². The van der Waals surface area contributed by atoms with E-state index in [1.807, 2.05) is 51.1 Å². The van der Waals surface area contributed by atoms with E-state index in [0.717, 1.165) is 5.56 Å². The molecule has 4 heteroatoms. The van der Waals surface area contributed by atoms with Crippen LogP contribution in [0, 0.1) is 5.41 Å². The quantitative estimate of drug-likeness (QED) is 0.857. The van der Waals surface area contributed by atoms with Crippen LogP contribution in [-0.4, -0.2) is 23.5 Å². The second kappa shape index (κ2) is 6.36. The van der Waals surface area contributed by atoms with Gasteiger partial charge in [0, 0.05) is 17.9 Å². The molecule has 0 aromatic heterocycles. The number of carboxylic acid groups (broad SMARTS) is 1. The highest BCUT2D eigenvalue weighted by Gasteiger charge is 2.23. The highest BCUT2D eigenvalue weighted by Crippen LogP contribution is 2.20. The Hall–Kier alpha value is -1.84. The second-order valence-corrected chi connectivity index (χ2v) is 5.67. The lowest BCUT2D eigenvalue weighted by Gasteiger charge is -2.21. The molecule has 0 aliphatic carbocycles. The molecular weight excluding hydrogens is 242 g/mol. The molecule has 2 N–H and O–H groups in total. The summed E-state index contributed by atoms with van der Waals surface area (Å²) in [6, 6.07) is 9.40. The summed E-state index contributed by atoms with van der Waals surface area (Å²) in [7, 11) is 0. The summed E-state index contributed by atoms with van der Waals surface area (Å²) in [5.74, 6) is -1.14. The van der Waals surface area contributed by atoms with E-state index in [9.17, 15) is 9.59 Å². The first-order valence-electron chi connectivity index (χ1n) is 6.35. The molecule has 0 aliphatic heterocycles. The van der Waals surface area contributed by atoms with Gasteiger partial charge < -0.3 is 10.4 Å². The molecule has 19 heavy (non-hydrogen) atoms. The minimum atomic E-state index is -0.862. The maximum absolute atomic E-state index is 11.8. The zero-order chi connectivity index (χ0) is 14.5. The lowest BCUT2D eigenvalue weighted by Crippen LogP contribution is -2.37. The van der Waals surface area contributed by atoms with Crippen molar-refractivity contribution in [3.8, 4) is 0 Å². The first-order valence-corrected chi connectivity index (χ1v) is 6.35. The molecule has 1 aromatic carbocycles. The van der Waals surface area contributed by atoms with Crippen LogP contribution >= 0.6 is 0 Å². The van der Waals surface area contributed by atoms with Gasteiger partial charge in [-0.05, 0) is 5.56 Å². The minimum absolute atomic E-state index is 0.00837. The summed E-state index contributed by atoms with van der Waals surface area (Å²) in [6.07, 6.45) is 0.00837. The third-order valence-corrected chi connectivity index (χ3v) is 2.88. The van der Waals surface area contributed by atoms with Gasteiger partial charge in [0.25, 0.3) is 0 Å². The normalized spacial score (nSPS) is 12.8. The van der Waals surface area contributed by atoms with Crippen molar-refractivity contribution in [2.45, 2.75) is 33.1 Å². The number of aliphatic carboxylic acids is 1. The maximum Gasteiger partial charge on any atom is 0.304 e. The number of amides is 1. The Morgan fingerprint density at radius 1 is 1.21 bits per heavy atom. The lowest BCUT2D eigenvalue weighted by atomic mass is 9.93. The Morgan fingerprint density at radius 2 is 1.79 bits per heavy atom. The van der Waals surface area contributed by atoms with Crippen LogP contribution in [0.25, 0.3) is 0 Å². The number of rotatable bonds is 5. The van der Waals surface area contributed by atoms with Gasteiger partial charge in [-0.2, -0.15) is 0 Å². The smallest absolute Gasteiger partial charge is 0.304 e. The van der Waals surface area contributed by atoms with Crippen LogP contribution in [0.15, 0.2) is 30.3 Å². The summed E-state index contributed by atoms with van der Waals surface area (Å²) in [6.45, 7) is 5.83. The molecule has 0 unspecified atom stereocenters. The fourth-order valence-electron chi connectivity index (χ4n) is 1.72. The Balaban J connectivity index is 2.72. The molecular formula is C15H21NO3. The van der Waals surface area contributed by atoms with Crippen molar-refractivity contribution in [2.75, 3.05) is 6.54 Å². The number of nitrogens with one attached hydrogen (secondary N) is 1. The van der Waals surface area contributed by atoms with Crippen molar-refractivity contribution >= 4 is 11.9 Å². The van der Waals surface area contributed by atoms with Crippen molar-refractivity contribution < 1.29 is 14.7 Å². The van der Waals surface area contributed by atoms with Crippen LogP contribution in [0.5, 0.6) is 0 Å². The molecule has 0 saturated carbocycles. The first-order chi connectivity index (χ1) is 8.80. The van der Waals surface area contributed by atoms with Gasteiger partial charge in [0.2, 0.25) is 5.91 Å². The Labute approximate surface area is 113 Å². The van der Waals surface area contributed by atoms with Crippen LogP contribution in [0.2, 0.25) is 0 Å². The highest BCUT2D eigenvalue weighted by molar-refractivity contribution is 5.81. The molecule has 0 spiro atoms. The number of carbonyl (C=O) groups excluding carboxylic acids is 1. The van der Waals surface area contributed by atoms with E-state index in [0.29, 0.717) is 6.54 Å². The molecule has 1 amide bonds. The van der Waals surface area contributed by atoms with Crippen molar-refractivity contribution in [3.05, 3.63) is 35.9 Å². The van der Waals surface area contributed by atoms with E-state index in [2.05, 4.69) is 5.32 Å². The number of hydrogen-bond donors (Lipinski definition) is 2. The molecule has 0 fully saturated rings. The maximum atomic E-state index is 11.8. The van der Waals surface area contributed by atoms with Crippen molar-refractivity contribution in [2.24, 2.45) is 5.41 Å². The zero-order valence-corrected chi connectivity index (χ0v) is 11.6. The average molecular weight is 263 g/mol. The average Bonchev–Trinajstić information content (AvgIpc) is 2.33. The third-order valence-electron chi connectivity index (χ3n) is 2.88. The molecule has 0 aliphatic rings. The van der Waals surface area contributed by atoms with E-state index in [1.165, 1.54) is 0 Å². The highest BCUT2D eigenvalue weighted by atomic mass is 16.4. The van der Waals surface area contributed by atoms with Gasteiger partial charge in [0.05, 0.1) is 6.42 Å². The molecule has 1 rings (SSSR count). The number of carboxylic acids is 1. The Morgan fingerprint density at radius 3 is 2.26 bits per heavy atom. The summed E-state index contributed by atoms with van der Waals surface area (Å²) in [5, 5.41) is 11.8. The van der Waals surface area contributed by atoms with Gasteiger partial charge in [-0.3, -0.25) is 9.59 Å². The van der Waals surface area contributed by atoms with E-state index in [4.69, 9.17) is 5.11 Å². The van der Waals surface area contributed by atoms with Gasteiger partial charge in [-0.1, -0.05) is 51.1 Å². The van der Waals surface area contributed by atoms with E-state index >= 15 is 0 Å². The predicted octanol–water partition coefficient (Wildman–Crippen LogP) is 2.41. The zero-order valence-electron chi connectivity index (χ0n) is 11.6. The van der Waals surface area contributed by atoms with Crippen LogP contribution in [-0.2, 0) is 9.59 Å². The summed E-state index contributed by atoms with van der Waals surface area (Å²) in [5.41, 5.74) is 0.462. The van der Waals surface area contributed by atoms with Gasteiger partial charge in [0.15, 0.2) is 0 Å². The van der Waals surface area contributed by atoms with Gasteiger partial charge >= 0.3 is 5.97 Å². The summed E-state index contributed by atoms with van der Waals surface area (Å²) >= 11 is 0. The second-order valence-electron chi connectivity index (χ2n) is 5.67. The van der Waals surface area contributed by atoms with Crippen LogP contribution in [0.1, 0.15) is 38.7 Å². The number of benzene rings is 1. The first kappa shape index (κ1) is 15.2. The number of hydrogen-bond acceptors (Lipinski definition) is 2. The van der Waals surface area contributed by atoms with Gasteiger partial charge in [-0.15, -0.1) is 0 Å². The fraction of sp³-hybridized carbons (Fsp3) is 0.467. The molecule has 104 valence electrons. The van der Waals surface area contributed by atoms with Gasteiger partial charge in [-0.25, -0.2) is 0 Å². The largest absolute Gasteiger partial charge is 0.481 e. The summed E-state index contributed by atoms with van der Waals surface area (Å²) < 4.78 is 0. The van der Waals surface area contributed by atoms with Crippen LogP contribution in [0.3, 0.4) is 0 Å². The van der Waals surface area contributed by atoms with Crippen molar-refractivity contribution in [3.63, 3.8) is 0 Å². The third kappa shape index (κ3) is 5.12. The van der Waals surface area contributed by atoms with Crippen LogP contribution < -0.4 is 5.32 Å². The Bertz CT molecular complexity index is 434. The van der Waals surface area contributed by atoms with E-state index in [-0.39, 0.29) is 18.2 Å². The van der Waals surface area contributed by atoms with Crippen molar-refractivity contribution in [1.82, 2.24) is 5.32 Å². The lowest BCUT2D eigenvalue weighted by molar-refractivity contribution is -0.137. The minimum Gasteiger partial charge on any atom is -0.481 e. The van der Waals surface area contributed by atoms with Gasteiger partial charge in [0.1, 0.15) is 0 Å². The standard InChI is InChI=1S/C15H21NO3/c1-15(2,3)14(19)16-10-12(9-13(17)18)11-7-5-4-6-8-11/h4-8,12H,9-10H2,1-3H3,(H,16,19)(H,17,18)/t12-/m1/s1. The molecule has 1 aromatic rings. The summed E-state index contributed by atoms with van der Waals surface area (Å²) in [4.78, 5) is 22.7. The molecule has 0 heterocycles.